The van der Waals surface area contributed by atoms with Crippen LogP contribution in [-0.2, 0) is 21.0 Å². The molecule has 1 aliphatic heterocycles. The average Bonchev–Trinajstić information content (AvgIpc) is 2.72. The van der Waals surface area contributed by atoms with Crippen LogP contribution in [0.5, 0.6) is 0 Å². The summed E-state index contributed by atoms with van der Waals surface area (Å²) >= 11 is 5.71. The number of aryl methyl sites for hydroxylation is 1. The first-order valence-electron chi connectivity index (χ1n) is 9.82. The molecule has 0 N–H and O–H groups in total. The second kappa shape index (κ2) is 9.29. The third-order valence-corrected chi connectivity index (χ3v) is 7.40. The zero-order chi connectivity index (χ0) is 23.7. The number of benzene rings is 2. The lowest BCUT2D eigenvalue weighted by molar-refractivity contribution is -0.137. The molecule has 0 atom stereocenters. The summed E-state index contributed by atoms with van der Waals surface area (Å²) in [6, 6.07) is 8.69. The number of piperazine rings is 1. The smallest absolute Gasteiger partial charge is 0.339 e. The molecule has 11 heteroatoms. The van der Waals surface area contributed by atoms with Gasteiger partial charge in [-0.1, -0.05) is 29.3 Å². The molecular weight excluding hydrogens is 467 g/mol. The molecule has 1 heterocycles. The highest BCUT2D eigenvalue weighted by Crippen LogP contribution is 2.38. The summed E-state index contributed by atoms with van der Waals surface area (Å²) in [6.45, 7) is 3.20. The first kappa shape index (κ1) is 24.3. The Balaban J connectivity index is 2.03. The molecule has 1 saturated heterocycles. The Morgan fingerprint density at radius 2 is 1.66 bits per heavy atom. The van der Waals surface area contributed by atoms with E-state index in [0.29, 0.717) is 36.6 Å². The summed E-state index contributed by atoms with van der Waals surface area (Å²) in [7, 11) is -2.42. The number of likely N-dealkylation sites (N-methyl/N-ethyl adjacent to an activating group) is 1. The minimum absolute atomic E-state index is 0.127. The molecular formula is C21H23ClF3N3O3S. The van der Waals surface area contributed by atoms with E-state index < -0.39 is 39.2 Å². The Bertz CT molecular complexity index is 1080. The van der Waals surface area contributed by atoms with E-state index in [9.17, 15) is 26.4 Å². The van der Waals surface area contributed by atoms with Crippen molar-refractivity contribution in [3.05, 3.63) is 58.6 Å². The van der Waals surface area contributed by atoms with Crippen LogP contribution in [0.2, 0.25) is 5.02 Å². The molecule has 32 heavy (non-hydrogen) atoms. The largest absolute Gasteiger partial charge is 0.417 e. The molecule has 3 rings (SSSR count). The third-order valence-electron chi connectivity index (χ3n) is 5.29. The van der Waals surface area contributed by atoms with Crippen LogP contribution < -0.4 is 4.31 Å². The van der Waals surface area contributed by atoms with E-state index in [1.165, 1.54) is 23.1 Å². The van der Waals surface area contributed by atoms with Crippen LogP contribution in [0, 0.1) is 6.92 Å². The Labute approximate surface area is 190 Å². The molecule has 174 valence electrons. The van der Waals surface area contributed by atoms with Crippen LogP contribution in [0.3, 0.4) is 0 Å². The summed E-state index contributed by atoms with van der Waals surface area (Å²) in [4.78, 5) is 16.3. The number of carbonyl (C=O) groups is 1. The van der Waals surface area contributed by atoms with Gasteiger partial charge < -0.3 is 9.80 Å². The van der Waals surface area contributed by atoms with E-state index in [4.69, 9.17) is 11.6 Å². The van der Waals surface area contributed by atoms with E-state index in [-0.39, 0.29) is 10.6 Å². The van der Waals surface area contributed by atoms with Gasteiger partial charge in [0, 0.05) is 26.2 Å². The fourth-order valence-corrected chi connectivity index (χ4v) is 4.95. The zero-order valence-electron chi connectivity index (χ0n) is 17.6. The molecule has 6 nitrogen and oxygen atoms in total. The number of rotatable bonds is 5. The van der Waals surface area contributed by atoms with Crippen molar-refractivity contribution in [2.24, 2.45) is 0 Å². The topological polar surface area (TPSA) is 60.9 Å². The van der Waals surface area contributed by atoms with Gasteiger partial charge in [0.1, 0.15) is 6.54 Å². The van der Waals surface area contributed by atoms with Gasteiger partial charge in [-0.15, -0.1) is 0 Å². The number of alkyl halides is 3. The molecule has 2 aromatic rings. The van der Waals surface area contributed by atoms with E-state index in [1.807, 2.05) is 11.9 Å². The van der Waals surface area contributed by atoms with Gasteiger partial charge >= 0.3 is 6.18 Å². The van der Waals surface area contributed by atoms with Crippen LogP contribution in [-0.4, -0.2) is 63.9 Å². The lowest BCUT2D eigenvalue weighted by Crippen LogP contribution is -2.50. The first-order valence-corrected chi connectivity index (χ1v) is 11.6. The number of nitrogens with zero attached hydrogens (tertiary/aromatic N) is 3. The number of carbonyl (C=O) groups excluding carboxylic acids is 1. The van der Waals surface area contributed by atoms with Crippen molar-refractivity contribution in [1.29, 1.82) is 0 Å². The quantitative estimate of drug-likeness (QED) is 0.643. The number of anilines is 1. The zero-order valence-corrected chi connectivity index (χ0v) is 19.1. The summed E-state index contributed by atoms with van der Waals surface area (Å²) in [5.74, 6) is -0.489. The fourth-order valence-electron chi connectivity index (χ4n) is 3.32. The van der Waals surface area contributed by atoms with Crippen molar-refractivity contribution in [3.8, 4) is 0 Å². The molecule has 1 aliphatic rings. The molecule has 0 aromatic heterocycles. The van der Waals surface area contributed by atoms with E-state index in [0.717, 1.165) is 11.6 Å². The number of sulfonamides is 1. The van der Waals surface area contributed by atoms with Crippen molar-refractivity contribution < 1.29 is 26.4 Å². The molecule has 0 radical (unpaired) electrons. The Kier molecular flexibility index (Phi) is 7.06. The van der Waals surface area contributed by atoms with E-state index in [2.05, 4.69) is 0 Å². The molecule has 0 unspecified atom stereocenters. The predicted molar refractivity (Wildman–Crippen MR) is 116 cm³/mol. The van der Waals surface area contributed by atoms with Crippen LogP contribution in [0.25, 0.3) is 0 Å². The Morgan fingerprint density at radius 3 is 2.22 bits per heavy atom. The maximum atomic E-state index is 13.4. The van der Waals surface area contributed by atoms with Gasteiger partial charge in [0.15, 0.2) is 0 Å². The number of halogens is 4. The molecule has 2 aromatic carbocycles. The highest BCUT2D eigenvalue weighted by molar-refractivity contribution is 7.92. The normalized spacial score (nSPS) is 15.6. The van der Waals surface area contributed by atoms with Gasteiger partial charge in [-0.05, 0) is 44.3 Å². The maximum Gasteiger partial charge on any atom is 0.417 e. The van der Waals surface area contributed by atoms with Gasteiger partial charge in [0.05, 0.1) is 21.2 Å². The summed E-state index contributed by atoms with van der Waals surface area (Å²) in [6.07, 6.45) is -4.78. The SMILES string of the molecule is Cc1ccc(S(=O)(=O)N(CC(=O)N2CCN(C)CC2)c2ccc(Cl)c(C(F)(F)F)c2)cc1. The van der Waals surface area contributed by atoms with Crippen LogP contribution in [0.1, 0.15) is 11.1 Å². The summed E-state index contributed by atoms with van der Waals surface area (Å²) in [5.41, 5.74) is -0.646. The van der Waals surface area contributed by atoms with Crippen molar-refractivity contribution in [2.75, 3.05) is 44.1 Å². The van der Waals surface area contributed by atoms with Gasteiger partial charge in [-0.25, -0.2) is 8.42 Å². The average molecular weight is 490 g/mol. The molecule has 1 fully saturated rings. The van der Waals surface area contributed by atoms with Crippen LogP contribution >= 0.6 is 11.6 Å². The molecule has 0 spiro atoms. The first-order chi connectivity index (χ1) is 14.9. The van der Waals surface area contributed by atoms with Crippen LogP contribution in [0.4, 0.5) is 18.9 Å². The minimum Gasteiger partial charge on any atom is -0.339 e. The van der Waals surface area contributed by atoms with Gasteiger partial charge in [-0.3, -0.25) is 9.10 Å². The minimum atomic E-state index is -4.78. The monoisotopic (exact) mass is 489 g/mol. The molecule has 0 saturated carbocycles. The van der Waals surface area contributed by atoms with Gasteiger partial charge in [0.25, 0.3) is 10.0 Å². The second-order valence-electron chi connectivity index (χ2n) is 7.67. The molecule has 0 bridgehead atoms. The third kappa shape index (κ3) is 5.36. The lowest BCUT2D eigenvalue weighted by Gasteiger charge is -2.34. The highest BCUT2D eigenvalue weighted by atomic mass is 35.5. The van der Waals surface area contributed by atoms with E-state index >= 15 is 0 Å². The fraction of sp³-hybridized carbons (Fsp3) is 0.381. The standard InChI is InChI=1S/C21H23ClF3N3O3S/c1-15-3-6-17(7-4-15)32(30,31)28(14-20(29)27-11-9-26(2)10-12-27)16-5-8-19(22)18(13-16)21(23,24)25/h3-8,13H,9-12,14H2,1-2H3. The van der Waals surface area contributed by atoms with Gasteiger partial charge in [0.2, 0.25) is 5.91 Å². The Morgan fingerprint density at radius 1 is 1.06 bits per heavy atom. The highest BCUT2D eigenvalue weighted by Gasteiger charge is 2.36. The summed E-state index contributed by atoms with van der Waals surface area (Å²) in [5, 5.41) is -0.556. The lowest BCUT2D eigenvalue weighted by atomic mass is 10.2. The number of hydrogen-bond acceptors (Lipinski definition) is 4. The van der Waals surface area contributed by atoms with Crippen molar-refractivity contribution in [1.82, 2.24) is 9.80 Å². The predicted octanol–water partition coefficient (Wildman–Crippen LogP) is 3.64. The van der Waals surface area contributed by atoms with Crippen molar-refractivity contribution in [3.63, 3.8) is 0 Å². The number of hydrogen-bond donors (Lipinski definition) is 0. The number of amides is 1. The second-order valence-corrected chi connectivity index (χ2v) is 9.94. The van der Waals surface area contributed by atoms with E-state index in [1.54, 1.807) is 19.1 Å². The molecule has 0 aliphatic carbocycles. The van der Waals surface area contributed by atoms with Gasteiger partial charge in [-0.2, -0.15) is 13.2 Å². The molecule has 1 amide bonds. The maximum absolute atomic E-state index is 13.4. The van der Waals surface area contributed by atoms with Crippen LogP contribution in [0.15, 0.2) is 47.4 Å². The Hall–Kier alpha value is -2.30. The van der Waals surface area contributed by atoms with Crippen molar-refractivity contribution >= 4 is 33.2 Å². The summed E-state index contributed by atoms with van der Waals surface area (Å²) < 4.78 is 67.7. The van der Waals surface area contributed by atoms with Crippen molar-refractivity contribution in [2.45, 2.75) is 18.0 Å².